The van der Waals surface area contributed by atoms with E-state index in [1.54, 1.807) is 6.07 Å². The van der Waals surface area contributed by atoms with Gasteiger partial charge in [0.2, 0.25) is 23.1 Å². The molecule has 3 heterocycles. The van der Waals surface area contributed by atoms with Gasteiger partial charge in [-0.15, -0.1) is 11.8 Å². The number of unbranched alkanes of at least 4 members (excludes halogenated alkanes) is 1. The molecule has 0 spiro atoms. The van der Waals surface area contributed by atoms with E-state index in [0.717, 1.165) is 64.8 Å². The van der Waals surface area contributed by atoms with E-state index in [0.29, 0.717) is 22.7 Å². The first kappa shape index (κ1) is 53.1. The summed E-state index contributed by atoms with van der Waals surface area (Å²) in [6.07, 6.45) is 8.16. The van der Waals surface area contributed by atoms with Crippen LogP contribution in [-0.2, 0) is 50.2 Å². The second kappa shape index (κ2) is 22.1. The van der Waals surface area contributed by atoms with Crippen molar-refractivity contribution in [3.8, 4) is 11.3 Å². The number of hydrogen-bond donors (Lipinski definition) is 4. The summed E-state index contributed by atoms with van der Waals surface area (Å²) >= 11 is 1.13. The molecule has 1 aromatic rings. The molecular weight excluding hydrogens is 921 g/mol. The molecule has 3 amide bonds. The Morgan fingerprint density at radius 3 is 2.39 bits per heavy atom. The highest BCUT2D eigenvalue weighted by Gasteiger charge is 2.44. The van der Waals surface area contributed by atoms with Crippen molar-refractivity contribution < 1.29 is 54.6 Å². The Balaban J connectivity index is 1.45. The predicted octanol–water partition coefficient (Wildman–Crippen LogP) is 6.34. The number of amides is 3. The second-order valence-electron chi connectivity index (χ2n) is 18.5. The van der Waals surface area contributed by atoms with Gasteiger partial charge < -0.3 is 19.7 Å². The third-order valence-corrected chi connectivity index (χ3v) is 15.4. The van der Waals surface area contributed by atoms with E-state index in [9.17, 15) is 50.2 Å². The van der Waals surface area contributed by atoms with Gasteiger partial charge in [-0.05, 0) is 92.1 Å². The third kappa shape index (κ3) is 13.5. The predicted molar refractivity (Wildman–Crippen MR) is 260 cm³/mol. The molecule has 19 heteroatoms. The quantitative estimate of drug-likeness (QED) is 0.0489. The van der Waals surface area contributed by atoms with Crippen LogP contribution < -0.4 is 20.1 Å². The fraction of sp³-hybridized carbons (Fsp3) is 0.521. The molecule has 0 aromatic heterocycles. The van der Waals surface area contributed by atoms with Crippen molar-refractivity contribution in [1.82, 2.24) is 14.8 Å². The summed E-state index contributed by atoms with van der Waals surface area (Å²) in [4.78, 5) is 52.6. The first-order chi connectivity index (χ1) is 31.4. The van der Waals surface area contributed by atoms with E-state index in [2.05, 4.69) is 62.7 Å². The first-order valence-corrected chi connectivity index (χ1v) is 26.8. The molecule has 3 atom stereocenters. The Kier molecular flexibility index (Phi) is 17.5. The molecule has 0 radical (unpaired) electrons. The summed E-state index contributed by atoms with van der Waals surface area (Å²) in [6.45, 7) is 15.9. The number of allylic oxidation sites excluding steroid dienone is 3. The standard InChI is InChI=1S/C48H64N4O12S3/c1-8-10-23-50(9-2)33-17-19-36-37(47(4,5)6)28-34(64-40(36)27-33)14-11-15-42-48(7,38-29-35(67(61,62)63)18-20-39(38)51(42)24-13-26-66(58,59)60)21-12-16-43(53)49-22-25-52-44(54)30-41(45(52)55)65-31-32(3)46(56)57/h11,14-15,17-20,27-29,32,41H,8-10,12-13,16,21-26,30-31H2,1-7H3,(H3-,49,53,56,57,58,59,60,61,62,63)/p+1/t32-,41?,48?/m0/s1. The minimum atomic E-state index is -4.64. The van der Waals surface area contributed by atoms with Gasteiger partial charge in [0.15, 0.2) is 0 Å². The molecule has 0 bridgehead atoms. The highest BCUT2D eigenvalue weighted by molar-refractivity contribution is 8.00. The molecule has 2 unspecified atom stereocenters. The van der Waals surface area contributed by atoms with Crippen LogP contribution in [0.3, 0.4) is 0 Å². The number of anilines is 1. The number of rotatable bonds is 22. The number of carbonyl (C=O) groups excluding carboxylic acids is 3. The van der Waals surface area contributed by atoms with Crippen LogP contribution in [0.1, 0.15) is 110 Å². The topological polar surface area (TPSA) is 232 Å². The van der Waals surface area contributed by atoms with Crippen LogP contribution in [0.5, 0.6) is 0 Å². The molecule has 1 fully saturated rings. The van der Waals surface area contributed by atoms with Crippen molar-refractivity contribution in [3.63, 3.8) is 0 Å². The summed E-state index contributed by atoms with van der Waals surface area (Å²) in [7, 11) is -8.96. The highest BCUT2D eigenvalue weighted by Crippen LogP contribution is 2.51. The smallest absolute Gasteiger partial charge is 0.307 e. The molecule has 4 N–H and O–H groups in total. The molecule has 1 aliphatic carbocycles. The Morgan fingerprint density at radius 2 is 1.75 bits per heavy atom. The molecule has 3 aliphatic heterocycles. The molecule has 16 nitrogen and oxygen atoms in total. The molecule has 0 saturated carbocycles. The third-order valence-electron chi connectivity index (χ3n) is 12.3. The largest absolute Gasteiger partial charge is 0.481 e. The SMILES string of the molecule is CCCC[N+](CC)=c1ccc2c(C(C)(C)C)cc(/C=C/C=C3\N(CCCS(=O)(=O)O)c4ccc(S(=O)(=O)O)cc4C3(C)CCCC(=O)NCCN3C(=O)CC(SC[C@H](C)C(=O)O)C3=O)oc-2c1. The van der Waals surface area contributed by atoms with E-state index < -0.39 is 60.4 Å². The molecular formula is C48H65N4O12S3+. The molecule has 1 aromatic carbocycles. The number of benzene rings is 2. The van der Waals surface area contributed by atoms with Gasteiger partial charge in [0.05, 0.1) is 27.9 Å². The lowest BCUT2D eigenvalue weighted by Crippen LogP contribution is -2.39. The number of nitrogens with one attached hydrogen (secondary N) is 1. The molecule has 67 heavy (non-hydrogen) atoms. The molecule has 4 aliphatic rings. The minimum absolute atomic E-state index is 0.00230. The molecule has 366 valence electrons. The Bertz CT molecular complexity index is 2670. The van der Waals surface area contributed by atoms with Crippen molar-refractivity contribution in [2.24, 2.45) is 5.92 Å². The number of carboxylic acids is 1. The van der Waals surface area contributed by atoms with Crippen LogP contribution in [-0.4, -0.2) is 109 Å². The van der Waals surface area contributed by atoms with Crippen LogP contribution >= 0.6 is 11.8 Å². The second-order valence-corrected chi connectivity index (χ2v) is 22.7. The number of aliphatic carboxylic acids is 1. The van der Waals surface area contributed by atoms with Crippen LogP contribution in [0, 0.1) is 5.92 Å². The summed E-state index contributed by atoms with van der Waals surface area (Å²) in [5.41, 5.74) is 2.56. The maximum atomic E-state index is 13.2. The summed E-state index contributed by atoms with van der Waals surface area (Å²) in [5.74, 6) is -1.91. The number of fused-ring (bicyclic) bond motifs is 2. The summed E-state index contributed by atoms with van der Waals surface area (Å²) in [5, 5.41) is 12.3. The van der Waals surface area contributed by atoms with Gasteiger partial charge in [0.25, 0.3) is 20.2 Å². The number of thioether (sulfide) groups is 1. The van der Waals surface area contributed by atoms with Gasteiger partial charge >= 0.3 is 5.97 Å². The van der Waals surface area contributed by atoms with Crippen LogP contribution in [0.4, 0.5) is 5.69 Å². The van der Waals surface area contributed by atoms with Crippen molar-refractivity contribution in [3.05, 3.63) is 82.6 Å². The minimum Gasteiger partial charge on any atom is -0.481 e. The Labute approximate surface area is 398 Å². The maximum absolute atomic E-state index is 13.2. The van der Waals surface area contributed by atoms with Gasteiger partial charge in [-0.2, -0.15) is 16.8 Å². The van der Waals surface area contributed by atoms with Crippen molar-refractivity contribution in [1.29, 1.82) is 0 Å². The lowest BCUT2D eigenvalue weighted by molar-refractivity contribution is -0.141. The van der Waals surface area contributed by atoms with Crippen LogP contribution in [0.2, 0.25) is 0 Å². The number of carboxylic acid groups (broad SMARTS) is 1. The van der Waals surface area contributed by atoms with Crippen molar-refractivity contribution >= 4 is 67.5 Å². The van der Waals surface area contributed by atoms with Crippen LogP contribution in [0.25, 0.3) is 17.4 Å². The molecule has 1 saturated heterocycles. The normalized spacial score (nSPS) is 19.5. The highest BCUT2D eigenvalue weighted by atomic mass is 32.2. The van der Waals surface area contributed by atoms with Gasteiger partial charge in [-0.1, -0.05) is 47.1 Å². The van der Waals surface area contributed by atoms with E-state index in [4.69, 9.17) is 4.42 Å². The number of likely N-dealkylation sites (tertiary alicyclic amines) is 1. The first-order valence-electron chi connectivity index (χ1n) is 22.7. The van der Waals surface area contributed by atoms with Gasteiger partial charge in [-0.25, -0.2) is 4.58 Å². The Morgan fingerprint density at radius 1 is 1.01 bits per heavy atom. The number of carbonyl (C=O) groups is 4. The molecule has 5 rings (SSSR count). The monoisotopic (exact) mass is 985 g/mol. The Hall–Kier alpha value is -4.82. The fourth-order valence-electron chi connectivity index (χ4n) is 8.60. The number of nitrogens with zero attached hydrogens (tertiary/aromatic N) is 3. The van der Waals surface area contributed by atoms with Crippen LogP contribution in [0.15, 0.2) is 69.6 Å². The number of imide groups is 1. The zero-order valence-corrected chi connectivity index (χ0v) is 41.9. The lowest BCUT2D eigenvalue weighted by Gasteiger charge is -2.30. The van der Waals surface area contributed by atoms with Gasteiger partial charge in [-0.3, -0.25) is 33.2 Å². The summed E-state index contributed by atoms with van der Waals surface area (Å²) in [6, 6.07) is 12.5. The fourth-order valence-corrected chi connectivity index (χ4v) is 10.8. The van der Waals surface area contributed by atoms with Crippen molar-refractivity contribution in [2.45, 2.75) is 114 Å². The van der Waals surface area contributed by atoms with E-state index in [1.165, 1.54) is 19.1 Å². The zero-order chi connectivity index (χ0) is 49.5. The van der Waals surface area contributed by atoms with E-state index in [-0.39, 0.29) is 73.7 Å². The van der Waals surface area contributed by atoms with E-state index in [1.807, 2.05) is 36.1 Å². The lowest BCUT2D eigenvalue weighted by atomic mass is 9.77. The average Bonchev–Trinajstić information content (AvgIpc) is 3.64. The van der Waals surface area contributed by atoms with E-state index >= 15 is 0 Å². The van der Waals surface area contributed by atoms with Gasteiger partial charge in [0.1, 0.15) is 24.6 Å². The van der Waals surface area contributed by atoms with Gasteiger partial charge in [0, 0.05) is 73.1 Å². The van der Waals surface area contributed by atoms with Crippen molar-refractivity contribution in [2.75, 3.05) is 49.1 Å². The number of hydrogen-bond acceptors (Lipinski definition) is 11. The summed E-state index contributed by atoms with van der Waals surface area (Å²) < 4.78 is 77.2. The maximum Gasteiger partial charge on any atom is 0.307 e. The zero-order valence-electron chi connectivity index (χ0n) is 39.4. The average molecular weight is 986 g/mol.